The molecule has 440 valence electrons. The lowest BCUT2D eigenvalue weighted by atomic mass is 10.1. The van der Waals surface area contributed by atoms with Gasteiger partial charge in [-0.2, -0.15) is 50.5 Å². The molecule has 0 fully saturated rings. The van der Waals surface area contributed by atoms with E-state index in [4.69, 9.17) is 39.5 Å². The Bertz CT molecular complexity index is 2190. The number of guanidine groups is 2. The largest absolute Gasteiger partial charge is 0.481 e. The molecule has 0 aromatic carbocycles. The van der Waals surface area contributed by atoms with E-state index >= 15 is 0 Å². The van der Waals surface area contributed by atoms with E-state index in [0.717, 1.165) is 6.92 Å². The standard InChI is InChI=1S/C40H70N18O16S4/c1-15(59)28(38(73)74)58-33(68)20(10-27(62)63)53-31(66)18(5-3-7-49-40(46)47)50-30(65)17(4-2-6-48-39(44)45)51-34(69)21(11-75)55-36(71)23(13-77)57-37(72)24(14-78)56-35(70)22(12-76)54-32(67)19(9-26(43)61)52-29(64)16(41)8-25(42)60/h15-24,28,59,75-78H,2-14,41H2,1H3,(H2,42,60)(H2,43,61)(H,50,65)(H,51,69)(H,52,64)(H,53,66)(H,54,67)(H,55,71)(H,56,70)(H,57,72)(H,58,68)(H,62,63)(H,73,74)(H4,44,45,48)(H4,46,47,49)/t15-,16+,17+,18+,19+,20+,21+,22+,23+,24+,28+/m1/s1. The monoisotopic (exact) mass is 1190 g/mol. The molecule has 78 heavy (non-hydrogen) atoms. The number of aliphatic hydroxyl groups is 1. The van der Waals surface area contributed by atoms with E-state index < -0.39 is 198 Å². The van der Waals surface area contributed by atoms with E-state index in [-0.39, 0.29) is 38.8 Å². The molecule has 0 spiro atoms. The topological polar surface area (TPSA) is 593 Å². The normalized spacial score (nSPS) is 15.0. The second kappa shape index (κ2) is 36.9. The summed E-state index contributed by atoms with van der Waals surface area (Å²) in [5.74, 6) is -17.8. The molecule has 11 amide bonds. The zero-order valence-corrected chi connectivity index (χ0v) is 45.4. The molecule has 26 N–H and O–H groups in total. The van der Waals surface area contributed by atoms with Gasteiger partial charge in [0.05, 0.1) is 31.4 Å². The molecule has 0 aliphatic rings. The number of carboxylic acid groups (broad SMARTS) is 2. The summed E-state index contributed by atoms with van der Waals surface area (Å²) in [6.45, 7) is 0.966. The first-order valence-electron chi connectivity index (χ1n) is 23.2. The van der Waals surface area contributed by atoms with Crippen LogP contribution < -0.4 is 87.2 Å². The predicted octanol–water partition coefficient (Wildman–Crippen LogP) is -10.4. The van der Waals surface area contributed by atoms with E-state index in [1.807, 2.05) is 5.32 Å². The summed E-state index contributed by atoms with van der Waals surface area (Å²) in [6, 6.07) is -16.5. The minimum atomic E-state index is -1.96. The summed E-state index contributed by atoms with van der Waals surface area (Å²) in [5.41, 5.74) is 26.6. The first kappa shape index (κ1) is 71.0. The Morgan fingerprint density at radius 3 is 1.01 bits per heavy atom. The van der Waals surface area contributed by atoms with Crippen LogP contribution in [0.2, 0.25) is 0 Å². The highest BCUT2D eigenvalue weighted by Gasteiger charge is 2.36. The van der Waals surface area contributed by atoms with E-state index in [1.165, 1.54) is 0 Å². The van der Waals surface area contributed by atoms with Crippen LogP contribution in [0.3, 0.4) is 0 Å². The summed E-state index contributed by atoms with van der Waals surface area (Å²) in [7, 11) is 0. The van der Waals surface area contributed by atoms with Crippen molar-refractivity contribution in [3.63, 3.8) is 0 Å². The van der Waals surface area contributed by atoms with Crippen LogP contribution in [-0.4, -0.2) is 207 Å². The van der Waals surface area contributed by atoms with Gasteiger partial charge in [0.25, 0.3) is 0 Å². The van der Waals surface area contributed by atoms with Crippen molar-refractivity contribution in [1.29, 1.82) is 10.8 Å². The lowest BCUT2D eigenvalue weighted by molar-refractivity contribution is -0.146. The van der Waals surface area contributed by atoms with Crippen LogP contribution in [0.1, 0.15) is 51.9 Å². The van der Waals surface area contributed by atoms with Crippen molar-refractivity contribution >= 4 is 139 Å². The van der Waals surface area contributed by atoms with E-state index in [0.29, 0.717) is 0 Å². The minimum Gasteiger partial charge on any atom is -0.481 e. The van der Waals surface area contributed by atoms with Crippen LogP contribution in [0, 0.1) is 10.8 Å². The van der Waals surface area contributed by atoms with Gasteiger partial charge in [-0.15, -0.1) is 0 Å². The van der Waals surface area contributed by atoms with E-state index in [2.05, 4.69) is 104 Å². The van der Waals surface area contributed by atoms with Gasteiger partial charge in [0.15, 0.2) is 18.0 Å². The van der Waals surface area contributed by atoms with Gasteiger partial charge in [-0.1, -0.05) is 0 Å². The Morgan fingerprint density at radius 2 is 0.718 bits per heavy atom. The van der Waals surface area contributed by atoms with Crippen molar-refractivity contribution in [2.45, 2.75) is 118 Å². The minimum absolute atomic E-state index is 0.0104. The molecule has 0 bridgehead atoms. The number of thiol groups is 4. The second-order valence-electron chi connectivity index (χ2n) is 16.8. The molecule has 0 aliphatic heterocycles. The number of amides is 11. The van der Waals surface area contributed by atoms with Crippen molar-refractivity contribution in [1.82, 2.24) is 58.5 Å². The highest BCUT2D eigenvalue weighted by Crippen LogP contribution is 2.07. The lowest BCUT2D eigenvalue weighted by Crippen LogP contribution is -2.61. The number of primary amides is 2. The fourth-order valence-electron chi connectivity index (χ4n) is 6.30. The first-order valence-corrected chi connectivity index (χ1v) is 25.7. The third-order valence-electron chi connectivity index (χ3n) is 10.4. The number of aliphatic carboxylic acids is 2. The van der Waals surface area contributed by atoms with E-state index in [1.54, 1.807) is 0 Å². The van der Waals surface area contributed by atoms with Crippen LogP contribution in [0.4, 0.5) is 0 Å². The van der Waals surface area contributed by atoms with Gasteiger partial charge in [0.2, 0.25) is 65.0 Å². The molecule has 0 aromatic heterocycles. The number of carboxylic acids is 2. The number of rotatable bonds is 38. The maximum Gasteiger partial charge on any atom is 0.328 e. The number of carbonyl (C=O) groups is 13. The highest BCUT2D eigenvalue weighted by molar-refractivity contribution is 7.80. The van der Waals surface area contributed by atoms with Crippen molar-refractivity contribution in [2.24, 2.45) is 28.7 Å². The van der Waals surface area contributed by atoms with Crippen LogP contribution in [0.5, 0.6) is 0 Å². The summed E-state index contributed by atoms with van der Waals surface area (Å²) in [6.07, 6.45) is -4.67. The zero-order valence-electron chi connectivity index (χ0n) is 41.9. The first-order chi connectivity index (χ1) is 36.4. The quantitative estimate of drug-likeness (QED) is 0.0118. The maximum absolute atomic E-state index is 14.0. The highest BCUT2D eigenvalue weighted by atomic mass is 32.1. The molecule has 0 unspecified atom stereocenters. The van der Waals surface area contributed by atoms with Gasteiger partial charge >= 0.3 is 11.9 Å². The smallest absolute Gasteiger partial charge is 0.328 e. The maximum atomic E-state index is 14.0. The molecule has 0 aromatic rings. The number of hydrogen-bond donors (Lipinski definition) is 25. The Kier molecular flexibility index (Phi) is 33.6. The molecule has 38 heteroatoms. The number of aliphatic hydroxyl groups excluding tert-OH is 1. The fourth-order valence-corrected chi connectivity index (χ4v) is 7.33. The van der Waals surface area contributed by atoms with E-state index in [9.17, 15) is 77.6 Å². The van der Waals surface area contributed by atoms with Crippen molar-refractivity contribution in [3.8, 4) is 0 Å². The molecule has 0 aliphatic carbocycles. The van der Waals surface area contributed by atoms with Crippen molar-refractivity contribution in [2.75, 3.05) is 36.1 Å². The molecule has 34 nitrogen and oxygen atoms in total. The van der Waals surface area contributed by atoms with Gasteiger partial charge in [0.1, 0.15) is 48.3 Å². The molecule has 0 rings (SSSR count). The Morgan fingerprint density at radius 1 is 0.436 bits per heavy atom. The molecule has 0 saturated heterocycles. The molecule has 11 atom stereocenters. The predicted molar refractivity (Wildman–Crippen MR) is 288 cm³/mol. The summed E-state index contributed by atoms with van der Waals surface area (Å²) >= 11 is 16.4. The number of hydrogen-bond acceptors (Lipinski definition) is 21. The molecular weight excluding hydrogens is 1120 g/mol. The van der Waals surface area contributed by atoms with Crippen molar-refractivity contribution in [3.05, 3.63) is 0 Å². The third kappa shape index (κ3) is 27.8. The zero-order chi connectivity index (χ0) is 60.0. The SMILES string of the molecule is C[C@@H](O)[C@H](NC(=O)[C@H](CC(=O)O)NC(=O)[C@H](CCCNC(=N)N)NC(=O)[C@H](CCCNC(=N)N)NC(=O)[C@H](CS)NC(=O)[C@H](CS)NC(=O)[C@H](CS)NC(=O)[C@H](CS)NC(=O)[C@H](CC(N)=O)NC(=O)[C@@H](N)CC(N)=O)C(=O)O. The number of carbonyl (C=O) groups excluding carboxylic acids is 11. The van der Waals surface area contributed by atoms with Crippen LogP contribution >= 0.6 is 50.5 Å². The molecule has 0 heterocycles. The van der Waals surface area contributed by atoms with Gasteiger partial charge in [-0.05, 0) is 32.6 Å². The number of nitrogens with one attached hydrogen (secondary N) is 13. The Hall–Kier alpha value is -7.03. The van der Waals surface area contributed by atoms with Gasteiger partial charge in [0, 0.05) is 36.1 Å². The molecule has 0 saturated carbocycles. The summed E-state index contributed by atoms with van der Waals surface area (Å²) in [5, 5.41) is 68.9. The van der Waals surface area contributed by atoms with Crippen LogP contribution in [-0.2, 0) is 62.3 Å². The fraction of sp³-hybridized carbons (Fsp3) is 0.625. The Balaban J connectivity index is 6.45. The summed E-state index contributed by atoms with van der Waals surface area (Å²) in [4.78, 5) is 167. The van der Waals surface area contributed by atoms with Crippen molar-refractivity contribution < 1.29 is 77.6 Å². The average Bonchev–Trinajstić information content (AvgIpc) is 3.34. The average molecular weight is 1190 g/mol. The van der Waals surface area contributed by atoms with Gasteiger partial charge in [-0.3, -0.25) is 68.4 Å². The number of nitrogens with two attached hydrogens (primary N) is 5. The molecular formula is C40H70N18O16S4. The Labute approximate surface area is 467 Å². The van der Waals surface area contributed by atoms with Crippen LogP contribution in [0.15, 0.2) is 0 Å². The lowest BCUT2D eigenvalue weighted by Gasteiger charge is -2.27. The summed E-state index contributed by atoms with van der Waals surface area (Å²) < 4.78 is 0. The molecule has 0 radical (unpaired) electrons. The van der Waals surface area contributed by atoms with Gasteiger partial charge in [-0.25, -0.2) is 4.79 Å². The van der Waals surface area contributed by atoms with Crippen LogP contribution in [0.25, 0.3) is 0 Å². The third-order valence-corrected chi connectivity index (χ3v) is 11.8. The van der Waals surface area contributed by atoms with Gasteiger partial charge < -0.3 is 102 Å². The second-order valence-corrected chi connectivity index (χ2v) is 18.3.